The Bertz CT molecular complexity index is 838. The first-order chi connectivity index (χ1) is 12.2. The van der Waals surface area contributed by atoms with Crippen molar-refractivity contribution in [1.29, 1.82) is 0 Å². The fourth-order valence-corrected chi connectivity index (χ4v) is 2.90. The molecular formula is C21H22N2OS. The van der Waals surface area contributed by atoms with Crippen LogP contribution < -0.4 is 5.32 Å². The summed E-state index contributed by atoms with van der Waals surface area (Å²) in [6.07, 6.45) is 1.80. The molecule has 0 aliphatic rings. The number of carbonyl (C=O) groups excluding carboxylic acids is 1. The van der Waals surface area contributed by atoms with E-state index < -0.39 is 0 Å². The van der Waals surface area contributed by atoms with Crippen molar-refractivity contribution in [2.45, 2.75) is 20.8 Å². The molecule has 1 aromatic heterocycles. The van der Waals surface area contributed by atoms with Gasteiger partial charge in [-0.2, -0.15) is 0 Å². The van der Waals surface area contributed by atoms with E-state index in [-0.39, 0.29) is 5.91 Å². The summed E-state index contributed by atoms with van der Waals surface area (Å²) in [5, 5.41) is 2.89. The highest BCUT2D eigenvalue weighted by molar-refractivity contribution is 7.13. The summed E-state index contributed by atoms with van der Waals surface area (Å²) in [7, 11) is 0. The number of aliphatic imine (C=N–C) groups is 1. The molecular weight excluding hydrogens is 328 g/mol. The Balaban J connectivity index is 0.00000109. The SMILES string of the molecule is CC.Cc1ccc(C=Nc2ccccc2C(=O)Nc2ccccc2)s1. The van der Waals surface area contributed by atoms with Gasteiger partial charge in [0.05, 0.1) is 11.3 Å². The van der Waals surface area contributed by atoms with Gasteiger partial charge >= 0.3 is 0 Å². The monoisotopic (exact) mass is 350 g/mol. The molecule has 4 heteroatoms. The van der Waals surface area contributed by atoms with Gasteiger partial charge in [-0.1, -0.05) is 44.2 Å². The molecule has 1 heterocycles. The fraction of sp³-hybridized carbons (Fsp3) is 0.143. The lowest BCUT2D eigenvalue weighted by Gasteiger charge is -2.07. The standard InChI is InChI=1S/C19H16N2OS.C2H6/c1-14-11-12-16(23-14)13-20-18-10-6-5-9-17(18)19(22)21-15-7-3-2-4-8-15;1-2/h2-13H,1H3,(H,21,22);1-2H3. The number of hydrogen-bond donors (Lipinski definition) is 1. The summed E-state index contributed by atoms with van der Waals surface area (Å²) < 4.78 is 0. The minimum atomic E-state index is -0.161. The van der Waals surface area contributed by atoms with Gasteiger partial charge < -0.3 is 5.32 Å². The molecule has 1 N–H and O–H groups in total. The van der Waals surface area contributed by atoms with E-state index in [0.717, 1.165) is 10.6 Å². The summed E-state index contributed by atoms with van der Waals surface area (Å²) in [5.41, 5.74) is 1.98. The maximum absolute atomic E-state index is 12.5. The number of para-hydroxylation sites is 2. The van der Waals surface area contributed by atoms with E-state index in [9.17, 15) is 4.79 Å². The molecule has 2 aromatic carbocycles. The van der Waals surface area contributed by atoms with Crippen molar-refractivity contribution in [1.82, 2.24) is 0 Å². The molecule has 0 unspecified atom stereocenters. The Morgan fingerprint density at radius 2 is 1.64 bits per heavy atom. The number of nitrogens with zero attached hydrogens (tertiary/aromatic N) is 1. The van der Waals surface area contributed by atoms with Crippen LogP contribution >= 0.6 is 11.3 Å². The van der Waals surface area contributed by atoms with Crippen molar-refractivity contribution in [3.05, 3.63) is 82.0 Å². The highest BCUT2D eigenvalue weighted by Crippen LogP contribution is 2.21. The van der Waals surface area contributed by atoms with Crippen LogP contribution in [-0.4, -0.2) is 12.1 Å². The number of hydrogen-bond acceptors (Lipinski definition) is 3. The van der Waals surface area contributed by atoms with Crippen LogP contribution in [0, 0.1) is 6.92 Å². The molecule has 0 spiro atoms. The molecule has 3 rings (SSSR count). The van der Waals surface area contributed by atoms with E-state index in [4.69, 9.17) is 0 Å². The minimum absolute atomic E-state index is 0.161. The first-order valence-electron chi connectivity index (χ1n) is 8.28. The highest BCUT2D eigenvalue weighted by Gasteiger charge is 2.10. The summed E-state index contributed by atoms with van der Waals surface area (Å²) in [4.78, 5) is 19.3. The van der Waals surface area contributed by atoms with Crippen LogP contribution in [0.25, 0.3) is 0 Å². The van der Waals surface area contributed by atoms with Crippen LogP contribution in [0.4, 0.5) is 11.4 Å². The molecule has 25 heavy (non-hydrogen) atoms. The van der Waals surface area contributed by atoms with Gasteiger partial charge in [-0.25, -0.2) is 0 Å². The van der Waals surface area contributed by atoms with Gasteiger partial charge in [-0.3, -0.25) is 9.79 Å². The summed E-state index contributed by atoms with van der Waals surface area (Å²) in [6, 6.07) is 20.8. The molecule has 0 radical (unpaired) electrons. The number of thiophene rings is 1. The average molecular weight is 350 g/mol. The van der Waals surface area contributed by atoms with Crippen molar-refractivity contribution < 1.29 is 4.79 Å². The smallest absolute Gasteiger partial charge is 0.257 e. The van der Waals surface area contributed by atoms with Gasteiger partial charge in [-0.05, 0) is 43.3 Å². The number of anilines is 1. The zero-order valence-corrected chi connectivity index (χ0v) is 15.5. The van der Waals surface area contributed by atoms with Crippen LogP contribution in [0.2, 0.25) is 0 Å². The Kier molecular flexibility index (Phi) is 7.11. The molecule has 0 saturated carbocycles. The molecule has 0 atom stereocenters. The Morgan fingerprint density at radius 1 is 0.960 bits per heavy atom. The lowest BCUT2D eigenvalue weighted by atomic mass is 10.1. The second-order valence-electron chi connectivity index (χ2n) is 5.04. The number of nitrogens with one attached hydrogen (secondary N) is 1. The maximum Gasteiger partial charge on any atom is 0.257 e. The predicted molar refractivity (Wildman–Crippen MR) is 108 cm³/mol. The quantitative estimate of drug-likeness (QED) is 0.569. The van der Waals surface area contributed by atoms with Crippen LogP contribution in [-0.2, 0) is 0 Å². The summed E-state index contributed by atoms with van der Waals surface area (Å²) >= 11 is 1.67. The Labute approximate surface area is 153 Å². The predicted octanol–water partition coefficient (Wildman–Crippen LogP) is 6.09. The summed E-state index contributed by atoms with van der Waals surface area (Å²) in [6.45, 7) is 6.06. The van der Waals surface area contributed by atoms with Gasteiger partial charge in [-0.15, -0.1) is 11.3 Å². The van der Waals surface area contributed by atoms with Gasteiger partial charge in [0, 0.05) is 21.7 Å². The first-order valence-corrected chi connectivity index (χ1v) is 9.10. The van der Waals surface area contributed by atoms with Crippen molar-refractivity contribution in [2.24, 2.45) is 4.99 Å². The number of amides is 1. The maximum atomic E-state index is 12.5. The molecule has 3 aromatic rings. The third kappa shape index (κ3) is 5.40. The van der Waals surface area contributed by atoms with Gasteiger partial charge in [0.1, 0.15) is 0 Å². The van der Waals surface area contributed by atoms with Crippen molar-refractivity contribution in [2.75, 3.05) is 5.32 Å². The molecule has 0 aliphatic carbocycles. The fourth-order valence-electron chi connectivity index (χ4n) is 2.15. The van der Waals surface area contributed by atoms with Crippen LogP contribution in [0.5, 0.6) is 0 Å². The number of aryl methyl sites for hydroxylation is 1. The third-order valence-corrected chi connectivity index (χ3v) is 4.21. The Morgan fingerprint density at radius 3 is 2.32 bits per heavy atom. The number of carbonyl (C=O) groups is 1. The lowest BCUT2D eigenvalue weighted by molar-refractivity contribution is 0.102. The van der Waals surface area contributed by atoms with Gasteiger partial charge in [0.15, 0.2) is 0 Å². The zero-order chi connectivity index (χ0) is 18.1. The zero-order valence-electron chi connectivity index (χ0n) is 14.7. The number of rotatable bonds is 4. The van der Waals surface area contributed by atoms with Crippen molar-refractivity contribution in [3.8, 4) is 0 Å². The molecule has 1 amide bonds. The first kappa shape index (κ1) is 18.6. The summed E-state index contributed by atoms with van der Waals surface area (Å²) in [5.74, 6) is -0.161. The van der Waals surface area contributed by atoms with Crippen molar-refractivity contribution in [3.63, 3.8) is 0 Å². The van der Waals surface area contributed by atoms with Crippen LogP contribution in [0.15, 0.2) is 71.7 Å². The van der Waals surface area contributed by atoms with Crippen LogP contribution in [0.1, 0.15) is 34.0 Å². The van der Waals surface area contributed by atoms with Crippen LogP contribution in [0.3, 0.4) is 0 Å². The second kappa shape index (κ2) is 9.55. The van der Waals surface area contributed by atoms with E-state index in [1.54, 1.807) is 23.6 Å². The largest absolute Gasteiger partial charge is 0.322 e. The van der Waals surface area contributed by atoms with E-state index in [0.29, 0.717) is 11.3 Å². The topological polar surface area (TPSA) is 41.5 Å². The molecule has 128 valence electrons. The average Bonchev–Trinajstić information content (AvgIpc) is 3.08. The van der Waals surface area contributed by atoms with E-state index in [1.807, 2.05) is 68.4 Å². The van der Waals surface area contributed by atoms with Gasteiger partial charge in [0.2, 0.25) is 0 Å². The number of benzene rings is 2. The van der Waals surface area contributed by atoms with E-state index >= 15 is 0 Å². The molecule has 0 saturated heterocycles. The minimum Gasteiger partial charge on any atom is -0.322 e. The lowest BCUT2D eigenvalue weighted by Crippen LogP contribution is -2.11. The third-order valence-electron chi connectivity index (χ3n) is 3.27. The molecule has 3 nitrogen and oxygen atoms in total. The molecule has 0 aliphatic heterocycles. The van der Waals surface area contributed by atoms with E-state index in [1.165, 1.54) is 4.88 Å². The normalized spacial score (nSPS) is 10.2. The van der Waals surface area contributed by atoms with Crippen molar-refractivity contribution >= 4 is 34.8 Å². The second-order valence-corrected chi connectivity index (χ2v) is 6.36. The Hall–Kier alpha value is -2.72. The van der Waals surface area contributed by atoms with Gasteiger partial charge in [0.25, 0.3) is 5.91 Å². The molecule has 0 fully saturated rings. The van der Waals surface area contributed by atoms with E-state index in [2.05, 4.69) is 23.3 Å². The molecule has 0 bridgehead atoms. The highest BCUT2D eigenvalue weighted by atomic mass is 32.1.